The highest BCUT2D eigenvalue weighted by Gasteiger charge is 2.27. The summed E-state index contributed by atoms with van der Waals surface area (Å²) in [6, 6.07) is 0. The van der Waals surface area contributed by atoms with Gasteiger partial charge in [0.25, 0.3) is 0 Å². The first kappa shape index (κ1) is 19.2. The zero-order valence-corrected chi connectivity index (χ0v) is 14.2. The second-order valence-electron chi connectivity index (χ2n) is 4.43. The topological polar surface area (TPSA) is 52.6 Å². The van der Waals surface area contributed by atoms with E-state index in [1.165, 1.54) is 0 Å². The fourth-order valence-corrected chi connectivity index (χ4v) is 2.06. The predicted octanol–water partition coefficient (Wildman–Crippen LogP) is 3.63. The number of esters is 2. The summed E-state index contributed by atoms with van der Waals surface area (Å²) in [7, 11) is 0. The number of rotatable bonds is 10. The van der Waals surface area contributed by atoms with Gasteiger partial charge in [-0.2, -0.15) is 0 Å². The summed E-state index contributed by atoms with van der Waals surface area (Å²) in [5.74, 6) is -1.98. The molecule has 0 aliphatic carbocycles. The minimum Gasteiger partial charge on any atom is -0.465 e. The lowest BCUT2D eigenvalue weighted by Crippen LogP contribution is -2.27. The third-order valence-electron chi connectivity index (χ3n) is 2.68. The van der Waals surface area contributed by atoms with E-state index < -0.39 is 17.9 Å². The van der Waals surface area contributed by atoms with Crippen molar-refractivity contribution in [1.82, 2.24) is 0 Å². The Balaban J connectivity index is 4.93. The number of ether oxygens (including phenoxy) is 2. The van der Waals surface area contributed by atoms with Gasteiger partial charge in [0.1, 0.15) is 0 Å². The Kier molecular flexibility index (Phi) is 11.4. The summed E-state index contributed by atoms with van der Waals surface area (Å²) >= 11 is 3.37. The first-order chi connectivity index (χ1) is 9.60. The molecule has 0 bridgehead atoms. The Hall–Kier alpha value is -0.840. The van der Waals surface area contributed by atoms with Crippen LogP contribution in [0.1, 0.15) is 46.5 Å². The smallest absolute Gasteiger partial charge is 0.324 e. The molecule has 0 aromatic carbocycles. The van der Waals surface area contributed by atoms with Gasteiger partial charge >= 0.3 is 11.9 Å². The van der Waals surface area contributed by atoms with Crippen LogP contribution in [0.15, 0.2) is 11.6 Å². The molecule has 5 heteroatoms. The molecule has 116 valence electrons. The van der Waals surface area contributed by atoms with Crippen molar-refractivity contribution in [2.75, 3.05) is 18.5 Å². The zero-order chi connectivity index (χ0) is 15.4. The lowest BCUT2D eigenvalue weighted by atomic mass is 10.0. The number of halogens is 1. The van der Waals surface area contributed by atoms with Gasteiger partial charge in [0.05, 0.1) is 13.2 Å². The number of carbonyl (C=O) groups excluding carboxylic acids is 2. The summed E-state index contributed by atoms with van der Waals surface area (Å²) < 4.78 is 10.2. The van der Waals surface area contributed by atoms with E-state index in [0.717, 1.165) is 36.6 Å². The monoisotopic (exact) mass is 348 g/mol. The molecular formula is C15H25BrO4. The van der Waals surface area contributed by atoms with Gasteiger partial charge in [0.2, 0.25) is 0 Å². The van der Waals surface area contributed by atoms with Gasteiger partial charge in [-0.25, -0.2) is 0 Å². The fourth-order valence-electron chi connectivity index (χ4n) is 1.55. The molecule has 0 saturated heterocycles. The molecule has 0 radical (unpaired) electrons. The van der Waals surface area contributed by atoms with Crippen LogP contribution in [-0.2, 0) is 19.1 Å². The lowest BCUT2D eigenvalue weighted by Gasteiger charge is -2.13. The van der Waals surface area contributed by atoms with E-state index in [2.05, 4.69) is 15.9 Å². The van der Waals surface area contributed by atoms with Crippen LogP contribution in [-0.4, -0.2) is 30.5 Å². The third-order valence-corrected chi connectivity index (χ3v) is 3.07. The number of carbonyl (C=O) groups is 2. The van der Waals surface area contributed by atoms with Crippen molar-refractivity contribution in [2.24, 2.45) is 5.92 Å². The second-order valence-corrected chi connectivity index (χ2v) is 5.22. The average Bonchev–Trinajstić information content (AvgIpc) is 2.46. The molecule has 20 heavy (non-hydrogen) atoms. The van der Waals surface area contributed by atoms with E-state index in [-0.39, 0.29) is 0 Å². The molecule has 0 N–H and O–H groups in total. The maximum atomic E-state index is 12.0. The molecule has 4 nitrogen and oxygen atoms in total. The minimum absolute atomic E-state index is 0.324. The van der Waals surface area contributed by atoms with Gasteiger partial charge < -0.3 is 9.47 Å². The molecule has 0 aromatic heterocycles. The quantitative estimate of drug-likeness (QED) is 0.262. The predicted molar refractivity (Wildman–Crippen MR) is 82.8 cm³/mol. The number of hydrogen-bond acceptors (Lipinski definition) is 4. The van der Waals surface area contributed by atoms with E-state index in [1.54, 1.807) is 6.08 Å². The number of allylic oxidation sites excluding steroid dienone is 1. The summed E-state index contributed by atoms with van der Waals surface area (Å²) in [6.45, 7) is 6.47. The van der Waals surface area contributed by atoms with Gasteiger partial charge in [-0.1, -0.05) is 48.4 Å². The normalized spacial score (nSPS) is 11.6. The zero-order valence-electron chi connectivity index (χ0n) is 12.6. The van der Waals surface area contributed by atoms with Crippen LogP contribution in [0, 0.1) is 5.92 Å². The highest BCUT2D eigenvalue weighted by Crippen LogP contribution is 2.15. The van der Waals surface area contributed by atoms with E-state index >= 15 is 0 Å². The SMILES string of the molecule is CCCOC(=O)C(C=C(CC)CCBr)C(=O)OCCC. The summed E-state index contributed by atoms with van der Waals surface area (Å²) in [4.78, 5) is 24.0. The first-order valence-electron chi connectivity index (χ1n) is 7.19. The van der Waals surface area contributed by atoms with Crippen LogP contribution in [0.5, 0.6) is 0 Å². The van der Waals surface area contributed by atoms with Gasteiger partial charge in [0, 0.05) is 5.33 Å². The molecule has 0 unspecified atom stereocenters. The minimum atomic E-state index is -0.943. The van der Waals surface area contributed by atoms with Gasteiger partial charge in [-0.15, -0.1) is 0 Å². The summed E-state index contributed by atoms with van der Waals surface area (Å²) in [5, 5.41) is 0.799. The van der Waals surface area contributed by atoms with Crippen LogP contribution in [0.25, 0.3) is 0 Å². The van der Waals surface area contributed by atoms with Crippen molar-refractivity contribution in [3.8, 4) is 0 Å². The van der Waals surface area contributed by atoms with Crippen LogP contribution in [0.4, 0.5) is 0 Å². The largest absolute Gasteiger partial charge is 0.465 e. The van der Waals surface area contributed by atoms with E-state index in [0.29, 0.717) is 13.2 Å². The Morgan fingerprint density at radius 1 is 1.05 bits per heavy atom. The molecule has 0 spiro atoms. The summed E-state index contributed by atoms with van der Waals surface area (Å²) in [5.41, 5.74) is 1.05. The van der Waals surface area contributed by atoms with Crippen molar-refractivity contribution in [3.05, 3.63) is 11.6 Å². The Bertz CT molecular complexity index is 306. The van der Waals surface area contributed by atoms with Gasteiger partial charge in [-0.3, -0.25) is 9.59 Å². The molecule has 0 saturated carbocycles. The molecule has 0 fully saturated rings. The van der Waals surface area contributed by atoms with Gasteiger partial charge in [0.15, 0.2) is 5.92 Å². The average molecular weight is 349 g/mol. The van der Waals surface area contributed by atoms with E-state index in [1.807, 2.05) is 20.8 Å². The summed E-state index contributed by atoms with van der Waals surface area (Å²) in [6.07, 6.45) is 4.75. The van der Waals surface area contributed by atoms with Crippen LogP contribution in [0.3, 0.4) is 0 Å². The Labute approximate surface area is 130 Å². The maximum absolute atomic E-state index is 12.0. The molecule has 0 aliphatic heterocycles. The molecule has 0 heterocycles. The van der Waals surface area contributed by atoms with E-state index in [4.69, 9.17) is 9.47 Å². The van der Waals surface area contributed by atoms with Crippen molar-refractivity contribution in [3.63, 3.8) is 0 Å². The standard InChI is InChI=1S/C15H25BrO4/c1-4-9-19-14(17)13(15(18)20-10-5-2)11-12(6-3)7-8-16/h11,13H,4-10H2,1-3H3. The Morgan fingerprint density at radius 3 is 1.90 bits per heavy atom. The highest BCUT2D eigenvalue weighted by molar-refractivity contribution is 9.09. The number of alkyl halides is 1. The van der Waals surface area contributed by atoms with Crippen LogP contribution in [0.2, 0.25) is 0 Å². The van der Waals surface area contributed by atoms with Crippen molar-refractivity contribution < 1.29 is 19.1 Å². The fraction of sp³-hybridized carbons (Fsp3) is 0.733. The molecule has 0 atom stereocenters. The lowest BCUT2D eigenvalue weighted by molar-refractivity contribution is -0.159. The molecule has 0 rings (SSSR count). The molecule has 0 aliphatic rings. The third kappa shape index (κ3) is 7.68. The van der Waals surface area contributed by atoms with Gasteiger partial charge in [-0.05, 0) is 25.7 Å². The van der Waals surface area contributed by atoms with E-state index in [9.17, 15) is 9.59 Å². The van der Waals surface area contributed by atoms with Crippen LogP contribution >= 0.6 is 15.9 Å². The maximum Gasteiger partial charge on any atom is 0.324 e. The van der Waals surface area contributed by atoms with Crippen molar-refractivity contribution in [1.29, 1.82) is 0 Å². The van der Waals surface area contributed by atoms with Crippen molar-refractivity contribution >= 4 is 27.9 Å². The first-order valence-corrected chi connectivity index (χ1v) is 8.31. The molecule has 0 amide bonds. The van der Waals surface area contributed by atoms with Crippen LogP contribution < -0.4 is 0 Å². The second kappa shape index (κ2) is 11.9. The highest BCUT2D eigenvalue weighted by atomic mass is 79.9. The Morgan fingerprint density at radius 2 is 1.55 bits per heavy atom. The molecule has 0 aromatic rings. The number of hydrogen-bond donors (Lipinski definition) is 0. The van der Waals surface area contributed by atoms with Crippen molar-refractivity contribution in [2.45, 2.75) is 46.5 Å². The molecular weight excluding hydrogens is 324 g/mol.